The molecule has 0 saturated carbocycles. The highest BCUT2D eigenvalue weighted by molar-refractivity contribution is 14.1. The number of halogens is 1. The lowest BCUT2D eigenvalue weighted by molar-refractivity contribution is -0.140. The first-order valence-electron chi connectivity index (χ1n) is 4.53. The second-order valence-electron chi connectivity index (χ2n) is 2.89. The third-order valence-electron chi connectivity index (χ3n) is 1.74. The van der Waals surface area contributed by atoms with Crippen LogP contribution in [0.4, 0.5) is 0 Å². The van der Waals surface area contributed by atoms with Crippen molar-refractivity contribution in [1.29, 1.82) is 0 Å². The van der Waals surface area contributed by atoms with E-state index in [0.29, 0.717) is 12.8 Å². The van der Waals surface area contributed by atoms with E-state index >= 15 is 0 Å². The number of carbonyl (C=O) groups is 1. The van der Waals surface area contributed by atoms with Crippen molar-refractivity contribution in [2.45, 2.75) is 12.8 Å². The summed E-state index contributed by atoms with van der Waals surface area (Å²) in [6.07, 6.45) is 0.894. The van der Waals surface area contributed by atoms with Crippen LogP contribution in [0.15, 0.2) is 24.3 Å². The first-order chi connectivity index (χ1) is 7.22. The van der Waals surface area contributed by atoms with Crippen molar-refractivity contribution in [3.8, 4) is 11.8 Å². The van der Waals surface area contributed by atoms with E-state index in [9.17, 15) is 4.79 Å². The maximum atomic E-state index is 10.8. The Labute approximate surface area is 103 Å². The zero-order chi connectivity index (χ0) is 11.1. The molecule has 0 bridgehead atoms. The molecule has 1 aromatic rings. The van der Waals surface area contributed by atoms with Crippen molar-refractivity contribution in [3.63, 3.8) is 0 Å². The normalized spacial score (nSPS) is 8.93. The summed E-state index contributed by atoms with van der Waals surface area (Å²) >= 11 is 2.24. The van der Waals surface area contributed by atoms with E-state index in [1.165, 1.54) is 7.11 Å². The van der Waals surface area contributed by atoms with Gasteiger partial charge in [-0.25, -0.2) is 0 Å². The van der Waals surface area contributed by atoms with Crippen LogP contribution in [0.2, 0.25) is 0 Å². The fourth-order valence-electron chi connectivity index (χ4n) is 0.997. The molecule has 0 spiro atoms. The number of methoxy groups -OCH3 is 1. The number of ether oxygens (including phenoxy) is 1. The first kappa shape index (κ1) is 12.1. The van der Waals surface area contributed by atoms with Crippen LogP contribution in [0.1, 0.15) is 18.4 Å². The Morgan fingerprint density at radius 2 is 2.33 bits per heavy atom. The summed E-state index contributed by atoms with van der Waals surface area (Å²) in [5.41, 5.74) is 0.978. The van der Waals surface area contributed by atoms with Gasteiger partial charge in [0.1, 0.15) is 0 Å². The Hall–Kier alpha value is -1.02. The molecule has 78 valence electrons. The van der Waals surface area contributed by atoms with Crippen LogP contribution in [0.25, 0.3) is 0 Å². The molecular formula is C12H11IO2. The summed E-state index contributed by atoms with van der Waals surface area (Å²) < 4.78 is 5.67. The van der Waals surface area contributed by atoms with Crippen molar-refractivity contribution in [2.75, 3.05) is 7.11 Å². The largest absolute Gasteiger partial charge is 0.469 e. The number of benzene rings is 1. The number of hydrogen-bond acceptors (Lipinski definition) is 2. The molecule has 1 rings (SSSR count). The summed E-state index contributed by atoms with van der Waals surface area (Å²) in [6, 6.07) is 7.94. The molecule has 0 radical (unpaired) electrons. The number of hydrogen-bond donors (Lipinski definition) is 0. The number of rotatable bonds is 2. The van der Waals surface area contributed by atoms with Gasteiger partial charge in [-0.3, -0.25) is 4.79 Å². The van der Waals surface area contributed by atoms with Gasteiger partial charge in [-0.2, -0.15) is 0 Å². The third-order valence-corrected chi connectivity index (χ3v) is 2.41. The molecule has 0 aromatic heterocycles. The van der Waals surface area contributed by atoms with Gasteiger partial charge in [0.2, 0.25) is 0 Å². The predicted octanol–water partition coefficient (Wildman–Crippen LogP) is 2.60. The quantitative estimate of drug-likeness (QED) is 0.476. The summed E-state index contributed by atoms with van der Waals surface area (Å²) in [5.74, 6) is 5.73. The molecule has 2 nitrogen and oxygen atoms in total. The number of esters is 1. The fraction of sp³-hybridized carbons (Fsp3) is 0.250. The van der Waals surface area contributed by atoms with Gasteiger partial charge in [-0.15, -0.1) is 0 Å². The Kier molecular flexibility index (Phi) is 5.19. The smallest absolute Gasteiger partial charge is 0.306 e. The molecule has 0 amide bonds. The van der Waals surface area contributed by atoms with E-state index in [1.54, 1.807) is 0 Å². The van der Waals surface area contributed by atoms with Gasteiger partial charge in [0, 0.05) is 15.6 Å². The Balaban J connectivity index is 2.48. The van der Waals surface area contributed by atoms with Crippen molar-refractivity contribution < 1.29 is 9.53 Å². The Morgan fingerprint density at radius 3 is 3.00 bits per heavy atom. The molecule has 0 N–H and O–H groups in total. The van der Waals surface area contributed by atoms with Gasteiger partial charge in [0.05, 0.1) is 13.5 Å². The fourth-order valence-corrected chi connectivity index (χ4v) is 1.54. The van der Waals surface area contributed by atoms with Crippen LogP contribution in [-0.2, 0) is 9.53 Å². The van der Waals surface area contributed by atoms with Gasteiger partial charge >= 0.3 is 5.97 Å². The van der Waals surface area contributed by atoms with Crippen LogP contribution in [0.5, 0.6) is 0 Å². The molecular weight excluding hydrogens is 303 g/mol. The minimum Gasteiger partial charge on any atom is -0.469 e. The molecule has 0 atom stereocenters. The van der Waals surface area contributed by atoms with Crippen LogP contribution in [0.3, 0.4) is 0 Å². The first-order valence-corrected chi connectivity index (χ1v) is 5.61. The highest BCUT2D eigenvalue weighted by atomic mass is 127. The van der Waals surface area contributed by atoms with Gasteiger partial charge in [-0.05, 0) is 40.8 Å². The number of carbonyl (C=O) groups excluding carboxylic acids is 1. The molecule has 0 aliphatic rings. The molecule has 0 saturated heterocycles. The zero-order valence-corrected chi connectivity index (χ0v) is 10.6. The van der Waals surface area contributed by atoms with E-state index < -0.39 is 0 Å². The standard InChI is InChI=1S/C12H11IO2/c1-15-12(14)8-3-2-5-10-6-4-7-11(13)9-10/h4,6-7,9H,3,8H2,1H3. The lowest BCUT2D eigenvalue weighted by Gasteiger charge is -1.93. The van der Waals surface area contributed by atoms with Crippen molar-refractivity contribution in [2.24, 2.45) is 0 Å². The Morgan fingerprint density at radius 1 is 1.53 bits per heavy atom. The SMILES string of the molecule is COC(=O)CCC#Cc1cccc(I)c1. The molecule has 3 heteroatoms. The summed E-state index contributed by atoms with van der Waals surface area (Å²) in [4.78, 5) is 10.8. The molecule has 0 heterocycles. The van der Waals surface area contributed by atoms with Crippen molar-refractivity contribution in [1.82, 2.24) is 0 Å². The molecule has 0 unspecified atom stereocenters. The monoisotopic (exact) mass is 314 g/mol. The van der Waals surface area contributed by atoms with E-state index in [0.717, 1.165) is 9.13 Å². The molecule has 1 aromatic carbocycles. The molecule has 15 heavy (non-hydrogen) atoms. The summed E-state index contributed by atoms with van der Waals surface area (Å²) in [6.45, 7) is 0. The topological polar surface area (TPSA) is 26.3 Å². The van der Waals surface area contributed by atoms with Gasteiger partial charge in [-0.1, -0.05) is 17.9 Å². The van der Waals surface area contributed by atoms with Crippen LogP contribution in [-0.4, -0.2) is 13.1 Å². The van der Waals surface area contributed by atoms with Crippen LogP contribution < -0.4 is 0 Å². The van der Waals surface area contributed by atoms with Crippen molar-refractivity contribution >= 4 is 28.6 Å². The minimum absolute atomic E-state index is 0.216. The average molecular weight is 314 g/mol. The van der Waals surface area contributed by atoms with Gasteiger partial charge in [0.15, 0.2) is 0 Å². The maximum absolute atomic E-state index is 10.8. The Bertz CT molecular complexity index is 402. The maximum Gasteiger partial charge on any atom is 0.306 e. The van der Waals surface area contributed by atoms with E-state index in [2.05, 4.69) is 39.2 Å². The molecule has 0 aliphatic carbocycles. The van der Waals surface area contributed by atoms with Gasteiger partial charge in [0.25, 0.3) is 0 Å². The highest BCUT2D eigenvalue weighted by Gasteiger charge is 1.95. The summed E-state index contributed by atoms with van der Waals surface area (Å²) in [7, 11) is 1.38. The van der Waals surface area contributed by atoms with E-state index in [1.807, 2.05) is 24.3 Å². The van der Waals surface area contributed by atoms with Gasteiger partial charge < -0.3 is 4.74 Å². The highest BCUT2D eigenvalue weighted by Crippen LogP contribution is 2.06. The molecule has 0 fully saturated rings. The minimum atomic E-state index is -0.216. The van der Waals surface area contributed by atoms with E-state index in [-0.39, 0.29) is 5.97 Å². The summed E-state index contributed by atoms with van der Waals surface area (Å²) in [5, 5.41) is 0. The zero-order valence-electron chi connectivity index (χ0n) is 8.42. The lowest BCUT2D eigenvalue weighted by Crippen LogP contribution is -1.98. The average Bonchev–Trinajstić information content (AvgIpc) is 2.24. The third kappa shape index (κ3) is 4.84. The van der Waals surface area contributed by atoms with E-state index in [4.69, 9.17) is 0 Å². The molecule has 0 aliphatic heterocycles. The van der Waals surface area contributed by atoms with Crippen molar-refractivity contribution in [3.05, 3.63) is 33.4 Å². The second kappa shape index (κ2) is 6.46. The van der Waals surface area contributed by atoms with Crippen LogP contribution >= 0.6 is 22.6 Å². The lowest BCUT2D eigenvalue weighted by atomic mass is 10.2. The predicted molar refractivity (Wildman–Crippen MR) is 67.3 cm³/mol. The van der Waals surface area contributed by atoms with Crippen LogP contribution in [0, 0.1) is 15.4 Å². The second-order valence-corrected chi connectivity index (χ2v) is 4.13.